The molecular weight excluding hydrogens is 312 g/mol. The molecule has 0 atom stereocenters. The molecule has 0 bridgehead atoms. The van der Waals surface area contributed by atoms with Gasteiger partial charge in [-0.3, -0.25) is 0 Å². The van der Waals surface area contributed by atoms with Gasteiger partial charge in [-0.15, -0.1) is 0 Å². The first-order chi connectivity index (χ1) is 12.7. The highest BCUT2D eigenvalue weighted by molar-refractivity contribution is 5.35. The molecule has 0 saturated heterocycles. The fourth-order valence-electron chi connectivity index (χ4n) is 5.64. The van der Waals surface area contributed by atoms with Gasteiger partial charge in [0.1, 0.15) is 0 Å². The Morgan fingerprint density at radius 3 is 1.85 bits per heavy atom. The number of rotatable bonds is 3. The molecule has 3 saturated carbocycles. The third-order valence-corrected chi connectivity index (χ3v) is 7.71. The molecule has 1 aromatic rings. The van der Waals surface area contributed by atoms with E-state index < -0.39 is 0 Å². The van der Waals surface area contributed by atoms with E-state index in [1.54, 1.807) is 17.4 Å². The van der Waals surface area contributed by atoms with E-state index in [0.29, 0.717) is 0 Å². The smallest absolute Gasteiger partial charge is 0.00500 e. The maximum Gasteiger partial charge on any atom is 0.00500 e. The molecule has 26 heavy (non-hydrogen) atoms. The minimum absolute atomic E-state index is 0.804. The maximum absolute atomic E-state index is 2.44. The zero-order valence-electron chi connectivity index (χ0n) is 17.0. The Hall–Kier alpha value is -0.780. The lowest BCUT2D eigenvalue weighted by Crippen LogP contribution is -2.23. The average Bonchev–Trinajstić information content (AvgIpc) is 2.70. The normalized spacial score (nSPS) is 26.4. The van der Waals surface area contributed by atoms with Gasteiger partial charge < -0.3 is 0 Å². The first-order valence-electron chi connectivity index (χ1n) is 11.3. The molecule has 0 amide bonds. The van der Waals surface area contributed by atoms with Crippen LogP contribution in [0, 0.1) is 29.6 Å². The highest BCUT2D eigenvalue weighted by Gasteiger charge is 2.31. The van der Waals surface area contributed by atoms with Crippen LogP contribution in [0.1, 0.15) is 108 Å². The van der Waals surface area contributed by atoms with Crippen LogP contribution < -0.4 is 0 Å². The number of hydrogen-bond acceptors (Lipinski definition) is 0. The minimum atomic E-state index is 0.804. The topological polar surface area (TPSA) is 0 Å². The third kappa shape index (κ3) is 4.37. The van der Waals surface area contributed by atoms with E-state index in [-0.39, 0.29) is 0 Å². The van der Waals surface area contributed by atoms with E-state index in [2.05, 4.69) is 38.1 Å². The summed E-state index contributed by atoms with van der Waals surface area (Å²) in [6, 6.07) is 9.76. The molecule has 3 aliphatic carbocycles. The van der Waals surface area contributed by atoms with Crippen LogP contribution in [0.4, 0.5) is 0 Å². The minimum Gasteiger partial charge on any atom is -0.0625 e. The van der Waals surface area contributed by atoms with Crippen LogP contribution in [-0.2, 0) is 0 Å². The van der Waals surface area contributed by atoms with E-state index in [0.717, 1.165) is 17.8 Å². The van der Waals surface area contributed by atoms with Crippen molar-refractivity contribution in [3.05, 3.63) is 53.1 Å². The zero-order chi connectivity index (χ0) is 17.9. The van der Waals surface area contributed by atoms with E-state index >= 15 is 0 Å². The molecule has 0 heteroatoms. The molecule has 0 aliphatic heterocycles. The molecule has 3 aliphatic rings. The van der Waals surface area contributed by atoms with E-state index in [1.165, 1.54) is 82.6 Å². The Kier molecular flexibility index (Phi) is 6.07. The lowest BCUT2D eigenvalue weighted by atomic mass is 9.68. The van der Waals surface area contributed by atoms with Crippen LogP contribution in [0.2, 0.25) is 0 Å². The van der Waals surface area contributed by atoms with Crippen LogP contribution in [0.3, 0.4) is 0 Å². The van der Waals surface area contributed by atoms with Gasteiger partial charge in [0.05, 0.1) is 0 Å². The molecule has 0 unspecified atom stereocenters. The Morgan fingerprint density at radius 1 is 0.654 bits per heavy atom. The summed E-state index contributed by atoms with van der Waals surface area (Å²) in [6.07, 6.45) is 16.6. The van der Waals surface area contributed by atoms with Gasteiger partial charge in [0.2, 0.25) is 0 Å². The van der Waals surface area contributed by atoms with Gasteiger partial charge in [-0.1, -0.05) is 51.0 Å². The van der Waals surface area contributed by atoms with Gasteiger partial charge in [-0.2, -0.15) is 0 Å². The summed E-state index contributed by atoms with van der Waals surface area (Å²) in [5.41, 5.74) is 3.12. The Bertz CT molecular complexity index is 532. The summed E-state index contributed by atoms with van der Waals surface area (Å²) >= 11 is 0. The standard InChI is InChI=1S/C26H37/c1-19-3-7-21(8-4-19)23-11-15-25(16-12-23)26-17-13-24(14-18-26)22-9-5-20(2)6-10-22/h11-12,15-16,20-21,24H,3-10,13-14,17-18H2,1-2H3. The average molecular weight is 350 g/mol. The summed E-state index contributed by atoms with van der Waals surface area (Å²) in [6.45, 7) is 4.76. The van der Waals surface area contributed by atoms with Gasteiger partial charge in [0, 0.05) is 5.92 Å². The molecule has 0 nitrogen and oxygen atoms in total. The molecule has 141 valence electrons. The summed E-state index contributed by atoms with van der Waals surface area (Å²) in [5.74, 6) is 8.06. The van der Waals surface area contributed by atoms with Crippen LogP contribution in [0.25, 0.3) is 0 Å². The second-order valence-corrected chi connectivity index (χ2v) is 9.57. The molecule has 1 aromatic carbocycles. The largest absolute Gasteiger partial charge is 0.0625 e. The summed E-state index contributed by atoms with van der Waals surface area (Å²) in [7, 11) is 0. The Balaban J connectivity index is 1.29. The van der Waals surface area contributed by atoms with Crippen molar-refractivity contribution in [1.82, 2.24) is 0 Å². The molecule has 3 fully saturated rings. The predicted molar refractivity (Wildman–Crippen MR) is 112 cm³/mol. The zero-order valence-corrected chi connectivity index (χ0v) is 17.0. The maximum atomic E-state index is 2.44. The summed E-state index contributed by atoms with van der Waals surface area (Å²) in [5, 5.41) is 0. The van der Waals surface area contributed by atoms with Gasteiger partial charge in [-0.25, -0.2) is 0 Å². The van der Waals surface area contributed by atoms with Crippen LogP contribution >= 0.6 is 0 Å². The van der Waals surface area contributed by atoms with E-state index in [4.69, 9.17) is 0 Å². The summed E-state index contributed by atoms with van der Waals surface area (Å²) < 4.78 is 0. The van der Waals surface area contributed by atoms with Gasteiger partial charge in [-0.05, 0) is 105 Å². The predicted octanol–water partition coefficient (Wildman–Crippen LogP) is 7.84. The van der Waals surface area contributed by atoms with Crippen molar-refractivity contribution in [1.29, 1.82) is 0 Å². The van der Waals surface area contributed by atoms with Crippen molar-refractivity contribution in [2.45, 2.75) is 96.8 Å². The molecule has 0 aromatic heterocycles. The van der Waals surface area contributed by atoms with Gasteiger partial charge in [0.15, 0.2) is 0 Å². The van der Waals surface area contributed by atoms with Crippen LogP contribution in [0.15, 0.2) is 24.3 Å². The van der Waals surface area contributed by atoms with Crippen molar-refractivity contribution >= 4 is 0 Å². The SMILES string of the molecule is C[C]1CCC(c2ccc([C]3CCC([C]4CCC(C)CC4)CC3)cc2)CC1. The van der Waals surface area contributed by atoms with Crippen molar-refractivity contribution in [2.24, 2.45) is 11.8 Å². The summed E-state index contributed by atoms with van der Waals surface area (Å²) in [4.78, 5) is 0. The highest BCUT2D eigenvalue weighted by atomic mass is 14.4. The molecule has 0 heterocycles. The first kappa shape index (κ1) is 18.6. The molecular formula is C26H37. The van der Waals surface area contributed by atoms with Gasteiger partial charge >= 0.3 is 0 Å². The van der Waals surface area contributed by atoms with Crippen molar-refractivity contribution in [3.8, 4) is 0 Å². The molecule has 3 radical (unpaired) electrons. The van der Waals surface area contributed by atoms with Crippen LogP contribution in [-0.4, -0.2) is 0 Å². The fraction of sp³-hybridized carbons (Fsp3) is 0.654. The van der Waals surface area contributed by atoms with Crippen LogP contribution in [0.5, 0.6) is 0 Å². The number of hydrogen-bond donors (Lipinski definition) is 0. The first-order valence-corrected chi connectivity index (χ1v) is 11.3. The highest BCUT2D eigenvalue weighted by Crippen LogP contribution is 2.45. The van der Waals surface area contributed by atoms with E-state index in [1.807, 2.05) is 5.92 Å². The quantitative estimate of drug-likeness (QED) is 0.521. The molecule has 0 spiro atoms. The second kappa shape index (κ2) is 8.49. The number of benzene rings is 1. The lowest BCUT2D eigenvalue weighted by molar-refractivity contribution is 0.307. The van der Waals surface area contributed by atoms with Crippen molar-refractivity contribution in [3.63, 3.8) is 0 Å². The monoisotopic (exact) mass is 349 g/mol. The Labute approximate surface area is 162 Å². The van der Waals surface area contributed by atoms with E-state index in [9.17, 15) is 0 Å². The molecule has 0 N–H and O–H groups in total. The lowest BCUT2D eigenvalue weighted by Gasteiger charge is -2.37. The second-order valence-electron chi connectivity index (χ2n) is 9.57. The van der Waals surface area contributed by atoms with Crippen molar-refractivity contribution in [2.75, 3.05) is 0 Å². The Morgan fingerprint density at radius 2 is 1.23 bits per heavy atom. The fourth-order valence-corrected chi connectivity index (χ4v) is 5.64. The molecule has 4 rings (SSSR count). The third-order valence-electron chi connectivity index (χ3n) is 7.71. The van der Waals surface area contributed by atoms with Crippen molar-refractivity contribution < 1.29 is 0 Å². The van der Waals surface area contributed by atoms with Gasteiger partial charge in [0.25, 0.3) is 0 Å².